The highest BCUT2D eigenvalue weighted by atomic mass is 19.2. The summed E-state index contributed by atoms with van der Waals surface area (Å²) in [5.74, 6) is -1.47. The number of hydrogen-bond donors (Lipinski definition) is 2. The molecular formula is C13H18F2N2. The van der Waals surface area contributed by atoms with Crippen molar-refractivity contribution in [2.45, 2.75) is 25.3 Å². The topological polar surface area (TPSA) is 24.1 Å². The number of hydrogen-bond acceptors (Lipinski definition) is 2. The van der Waals surface area contributed by atoms with Gasteiger partial charge in [-0.1, -0.05) is 12.1 Å². The van der Waals surface area contributed by atoms with Crippen LogP contribution in [-0.4, -0.2) is 25.7 Å². The molecule has 4 heteroatoms. The number of benzene rings is 1. The maximum absolute atomic E-state index is 13.4. The molecule has 0 bridgehead atoms. The SMILES string of the molecule is Fc1cccc(CCNC2CCNCC2)c1F. The average Bonchev–Trinajstić information content (AvgIpc) is 2.36. The monoisotopic (exact) mass is 240 g/mol. The molecule has 0 saturated carbocycles. The van der Waals surface area contributed by atoms with Crippen molar-refractivity contribution in [3.8, 4) is 0 Å². The summed E-state index contributed by atoms with van der Waals surface area (Å²) in [7, 11) is 0. The molecule has 1 fully saturated rings. The van der Waals surface area contributed by atoms with Crippen LogP contribution in [-0.2, 0) is 6.42 Å². The fraction of sp³-hybridized carbons (Fsp3) is 0.538. The molecule has 0 unspecified atom stereocenters. The van der Waals surface area contributed by atoms with Gasteiger partial charge >= 0.3 is 0 Å². The zero-order chi connectivity index (χ0) is 12.1. The second-order valence-electron chi connectivity index (χ2n) is 4.44. The third-order valence-corrected chi connectivity index (χ3v) is 3.20. The molecule has 17 heavy (non-hydrogen) atoms. The molecule has 0 aliphatic carbocycles. The van der Waals surface area contributed by atoms with Crippen LogP contribution in [0.5, 0.6) is 0 Å². The van der Waals surface area contributed by atoms with E-state index >= 15 is 0 Å². The molecule has 1 aromatic carbocycles. The van der Waals surface area contributed by atoms with Gasteiger partial charge in [-0.3, -0.25) is 0 Å². The average molecular weight is 240 g/mol. The van der Waals surface area contributed by atoms with Crippen LogP contribution in [0.3, 0.4) is 0 Å². The van der Waals surface area contributed by atoms with Gasteiger partial charge in [0.2, 0.25) is 0 Å². The van der Waals surface area contributed by atoms with Gasteiger partial charge in [-0.05, 0) is 50.5 Å². The largest absolute Gasteiger partial charge is 0.317 e. The van der Waals surface area contributed by atoms with E-state index in [9.17, 15) is 8.78 Å². The van der Waals surface area contributed by atoms with Crippen LogP contribution in [0.1, 0.15) is 18.4 Å². The molecule has 0 radical (unpaired) electrons. The fourth-order valence-electron chi connectivity index (χ4n) is 2.18. The first-order valence-corrected chi connectivity index (χ1v) is 6.14. The number of rotatable bonds is 4. The van der Waals surface area contributed by atoms with E-state index in [4.69, 9.17) is 0 Å². The van der Waals surface area contributed by atoms with Gasteiger partial charge in [0.15, 0.2) is 11.6 Å². The van der Waals surface area contributed by atoms with E-state index in [1.165, 1.54) is 0 Å². The van der Waals surface area contributed by atoms with Crippen molar-refractivity contribution in [1.29, 1.82) is 0 Å². The Labute approximate surface area is 100 Å². The van der Waals surface area contributed by atoms with E-state index in [1.54, 1.807) is 12.1 Å². The Hall–Kier alpha value is -1.00. The third-order valence-electron chi connectivity index (χ3n) is 3.20. The van der Waals surface area contributed by atoms with Crippen molar-refractivity contribution in [2.24, 2.45) is 0 Å². The van der Waals surface area contributed by atoms with E-state index < -0.39 is 11.6 Å². The maximum atomic E-state index is 13.4. The Balaban J connectivity index is 1.79. The minimum atomic E-state index is -0.760. The maximum Gasteiger partial charge on any atom is 0.162 e. The zero-order valence-corrected chi connectivity index (χ0v) is 9.81. The summed E-state index contributed by atoms with van der Waals surface area (Å²) in [5.41, 5.74) is 0.450. The minimum Gasteiger partial charge on any atom is -0.317 e. The molecule has 1 aliphatic heterocycles. The zero-order valence-electron chi connectivity index (χ0n) is 9.81. The molecule has 2 N–H and O–H groups in total. The van der Waals surface area contributed by atoms with Crippen molar-refractivity contribution in [3.05, 3.63) is 35.4 Å². The van der Waals surface area contributed by atoms with Crippen LogP contribution in [0.2, 0.25) is 0 Å². The lowest BCUT2D eigenvalue weighted by molar-refractivity contribution is 0.388. The predicted octanol–water partition coefficient (Wildman–Crippen LogP) is 1.85. The van der Waals surface area contributed by atoms with Crippen LogP contribution < -0.4 is 10.6 Å². The van der Waals surface area contributed by atoms with Crippen molar-refractivity contribution in [1.82, 2.24) is 10.6 Å². The molecule has 2 rings (SSSR count). The predicted molar refractivity (Wildman–Crippen MR) is 64.0 cm³/mol. The van der Waals surface area contributed by atoms with Gasteiger partial charge in [0.25, 0.3) is 0 Å². The van der Waals surface area contributed by atoms with Crippen LogP contribution in [0.15, 0.2) is 18.2 Å². The lowest BCUT2D eigenvalue weighted by Crippen LogP contribution is -2.40. The molecular weight excluding hydrogens is 222 g/mol. The highest BCUT2D eigenvalue weighted by molar-refractivity contribution is 5.19. The van der Waals surface area contributed by atoms with E-state index in [0.717, 1.165) is 32.0 Å². The number of piperidine rings is 1. The van der Waals surface area contributed by atoms with E-state index in [-0.39, 0.29) is 0 Å². The molecule has 1 aliphatic rings. The lowest BCUT2D eigenvalue weighted by Gasteiger charge is -2.23. The summed E-state index contributed by atoms with van der Waals surface area (Å²) in [4.78, 5) is 0. The van der Waals surface area contributed by atoms with Crippen LogP contribution in [0, 0.1) is 11.6 Å². The summed E-state index contributed by atoms with van der Waals surface area (Å²) in [6, 6.07) is 4.85. The van der Waals surface area contributed by atoms with E-state index in [2.05, 4.69) is 10.6 Å². The quantitative estimate of drug-likeness (QED) is 0.839. The molecule has 94 valence electrons. The molecule has 1 aromatic rings. The van der Waals surface area contributed by atoms with Crippen molar-refractivity contribution < 1.29 is 8.78 Å². The molecule has 1 heterocycles. The molecule has 1 saturated heterocycles. The summed E-state index contributed by atoms with van der Waals surface area (Å²) in [5, 5.41) is 6.68. The lowest BCUT2D eigenvalue weighted by atomic mass is 10.1. The first-order valence-electron chi connectivity index (χ1n) is 6.14. The highest BCUT2D eigenvalue weighted by Gasteiger charge is 2.12. The van der Waals surface area contributed by atoms with Crippen LogP contribution in [0.25, 0.3) is 0 Å². The van der Waals surface area contributed by atoms with Gasteiger partial charge in [0, 0.05) is 6.04 Å². The summed E-state index contributed by atoms with van der Waals surface area (Å²) < 4.78 is 26.3. The Morgan fingerprint density at radius 3 is 2.76 bits per heavy atom. The second-order valence-corrected chi connectivity index (χ2v) is 4.44. The third kappa shape index (κ3) is 3.48. The van der Waals surface area contributed by atoms with E-state index in [0.29, 0.717) is 24.6 Å². The molecule has 0 aromatic heterocycles. The summed E-state index contributed by atoms with van der Waals surface area (Å²) in [6.45, 7) is 2.77. The first kappa shape index (κ1) is 12.5. The van der Waals surface area contributed by atoms with Crippen molar-refractivity contribution in [3.63, 3.8) is 0 Å². The standard InChI is InChI=1S/C13H18F2N2/c14-12-3-1-2-10(13(12)15)4-9-17-11-5-7-16-8-6-11/h1-3,11,16-17H,4-9H2. The summed E-state index contributed by atoms with van der Waals surface area (Å²) >= 11 is 0. The Morgan fingerprint density at radius 1 is 1.24 bits per heavy atom. The second kappa shape index (κ2) is 6.07. The highest BCUT2D eigenvalue weighted by Crippen LogP contribution is 2.11. The van der Waals surface area contributed by atoms with Crippen molar-refractivity contribution >= 4 is 0 Å². The van der Waals surface area contributed by atoms with Gasteiger partial charge in [0.05, 0.1) is 0 Å². The Bertz CT molecular complexity index is 362. The molecule has 0 amide bonds. The van der Waals surface area contributed by atoms with E-state index in [1.807, 2.05) is 0 Å². The molecule has 0 atom stereocenters. The first-order chi connectivity index (χ1) is 8.27. The molecule has 0 spiro atoms. The molecule has 2 nitrogen and oxygen atoms in total. The normalized spacial score (nSPS) is 17.3. The number of halogens is 2. The van der Waals surface area contributed by atoms with Crippen LogP contribution in [0.4, 0.5) is 8.78 Å². The van der Waals surface area contributed by atoms with Gasteiger partial charge in [-0.25, -0.2) is 8.78 Å². The number of nitrogens with one attached hydrogen (secondary N) is 2. The van der Waals surface area contributed by atoms with Gasteiger partial charge in [-0.2, -0.15) is 0 Å². The fourth-order valence-corrected chi connectivity index (χ4v) is 2.18. The smallest absolute Gasteiger partial charge is 0.162 e. The Morgan fingerprint density at radius 2 is 2.00 bits per heavy atom. The summed E-state index contributed by atoms with van der Waals surface area (Å²) in [6.07, 6.45) is 2.74. The Kier molecular flexibility index (Phi) is 4.45. The van der Waals surface area contributed by atoms with Gasteiger partial charge in [-0.15, -0.1) is 0 Å². The minimum absolute atomic E-state index is 0.450. The van der Waals surface area contributed by atoms with Crippen molar-refractivity contribution in [2.75, 3.05) is 19.6 Å². The van der Waals surface area contributed by atoms with Crippen LogP contribution >= 0.6 is 0 Å². The van der Waals surface area contributed by atoms with Gasteiger partial charge in [0.1, 0.15) is 0 Å². The van der Waals surface area contributed by atoms with Gasteiger partial charge < -0.3 is 10.6 Å².